The first-order chi connectivity index (χ1) is 7.36. The number of rotatable bonds is 1. The number of hydrogen-bond acceptors (Lipinski definition) is 1. The minimum absolute atomic E-state index is 1.07. The van der Waals surface area contributed by atoms with Crippen molar-refractivity contribution in [3.05, 3.63) is 47.4 Å². The van der Waals surface area contributed by atoms with Crippen LogP contribution in [-0.4, -0.2) is 0 Å². The van der Waals surface area contributed by atoms with Crippen LogP contribution in [0.4, 0.5) is 0 Å². The molecule has 0 aliphatic heterocycles. The predicted molar refractivity (Wildman–Crippen MR) is 60.9 cm³/mol. The van der Waals surface area contributed by atoms with Gasteiger partial charge < -0.3 is 4.42 Å². The van der Waals surface area contributed by atoms with E-state index < -0.39 is 0 Å². The molecule has 1 nitrogen and oxygen atoms in total. The molecular formula is C14H14O. The number of fused-ring (bicyclic) bond motifs is 1. The van der Waals surface area contributed by atoms with Crippen molar-refractivity contribution in [2.75, 3.05) is 0 Å². The summed E-state index contributed by atoms with van der Waals surface area (Å²) < 4.78 is 5.81. The van der Waals surface area contributed by atoms with E-state index in [1.165, 1.54) is 35.3 Å². The first-order valence-corrected chi connectivity index (χ1v) is 5.53. The number of furan rings is 1. The Morgan fingerprint density at radius 2 is 1.87 bits per heavy atom. The molecule has 0 spiro atoms. The maximum atomic E-state index is 5.81. The SMILES string of the molecule is Cc1oc2c(c1-c1ccccc1)CCC2. The van der Waals surface area contributed by atoms with Crippen LogP contribution in [0, 0.1) is 6.92 Å². The molecule has 1 aliphatic carbocycles. The van der Waals surface area contributed by atoms with Gasteiger partial charge in [0.2, 0.25) is 0 Å². The zero-order valence-corrected chi connectivity index (χ0v) is 8.92. The lowest BCUT2D eigenvalue weighted by molar-refractivity contribution is 0.489. The third kappa shape index (κ3) is 1.30. The molecule has 2 aromatic rings. The van der Waals surface area contributed by atoms with Crippen LogP contribution in [0.15, 0.2) is 34.7 Å². The van der Waals surface area contributed by atoms with Gasteiger partial charge in [-0.05, 0) is 25.3 Å². The second-order valence-electron chi connectivity index (χ2n) is 4.15. The van der Waals surface area contributed by atoms with Crippen molar-refractivity contribution >= 4 is 0 Å². The number of aryl methyl sites for hydroxylation is 2. The van der Waals surface area contributed by atoms with Crippen molar-refractivity contribution in [3.63, 3.8) is 0 Å². The molecule has 1 heteroatoms. The second kappa shape index (κ2) is 3.27. The van der Waals surface area contributed by atoms with Gasteiger partial charge in [-0.3, -0.25) is 0 Å². The standard InChI is InChI=1S/C14H14O/c1-10-14(11-6-3-2-4-7-11)12-8-5-9-13(12)15-10/h2-4,6-7H,5,8-9H2,1H3. The van der Waals surface area contributed by atoms with E-state index in [0.29, 0.717) is 0 Å². The largest absolute Gasteiger partial charge is 0.465 e. The Hall–Kier alpha value is -1.50. The van der Waals surface area contributed by atoms with Gasteiger partial charge in [0.1, 0.15) is 11.5 Å². The molecule has 0 radical (unpaired) electrons. The van der Waals surface area contributed by atoms with Gasteiger partial charge >= 0.3 is 0 Å². The molecule has 0 fully saturated rings. The molecule has 3 rings (SSSR count). The summed E-state index contributed by atoms with van der Waals surface area (Å²) in [5.41, 5.74) is 4.07. The van der Waals surface area contributed by atoms with Gasteiger partial charge in [-0.1, -0.05) is 30.3 Å². The highest BCUT2D eigenvalue weighted by Crippen LogP contribution is 2.37. The zero-order chi connectivity index (χ0) is 10.3. The van der Waals surface area contributed by atoms with Crippen LogP contribution in [0.25, 0.3) is 11.1 Å². The third-order valence-corrected chi connectivity index (χ3v) is 3.16. The average molecular weight is 198 g/mol. The Balaban J connectivity index is 2.20. The van der Waals surface area contributed by atoms with Crippen LogP contribution in [0.2, 0.25) is 0 Å². The van der Waals surface area contributed by atoms with Crippen molar-refractivity contribution in [1.29, 1.82) is 0 Å². The summed E-state index contributed by atoms with van der Waals surface area (Å²) in [6, 6.07) is 10.6. The van der Waals surface area contributed by atoms with E-state index in [1.54, 1.807) is 0 Å². The van der Waals surface area contributed by atoms with Gasteiger partial charge in [-0.2, -0.15) is 0 Å². The van der Waals surface area contributed by atoms with Crippen LogP contribution >= 0.6 is 0 Å². The summed E-state index contributed by atoms with van der Waals surface area (Å²) in [5, 5.41) is 0. The summed E-state index contributed by atoms with van der Waals surface area (Å²) >= 11 is 0. The van der Waals surface area contributed by atoms with Crippen LogP contribution in [0.1, 0.15) is 23.5 Å². The molecule has 1 aromatic heterocycles. The fourth-order valence-corrected chi connectivity index (χ4v) is 2.52. The highest BCUT2D eigenvalue weighted by molar-refractivity contribution is 5.70. The Bertz CT molecular complexity index is 480. The van der Waals surface area contributed by atoms with Crippen molar-refractivity contribution < 1.29 is 4.42 Å². The lowest BCUT2D eigenvalue weighted by atomic mass is 10.0. The van der Waals surface area contributed by atoms with E-state index in [0.717, 1.165) is 12.2 Å². The Kier molecular flexibility index (Phi) is 1.91. The summed E-state index contributed by atoms with van der Waals surface area (Å²) in [6.07, 6.45) is 3.54. The molecule has 0 saturated heterocycles. The molecular weight excluding hydrogens is 184 g/mol. The van der Waals surface area contributed by atoms with E-state index in [-0.39, 0.29) is 0 Å². The van der Waals surface area contributed by atoms with Gasteiger partial charge in [-0.15, -0.1) is 0 Å². The van der Waals surface area contributed by atoms with Crippen LogP contribution in [0.5, 0.6) is 0 Å². The molecule has 1 heterocycles. The lowest BCUT2D eigenvalue weighted by Gasteiger charge is -2.01. The quantitative estimate of drug-likeness (QED) is 0.680. The summed E-state index contributed by atoms with van der Waals surface area (Å²) in [6.45, 7) is 2.07. The minimum atomic E-state index is 1.07. The van der Waals surface area contributed by atoms with Crippen LogP contribution in [-0.2, 0) is 12.8 Å². The first-order valence-electron chi connectivity index (χ1n) is 5.53. The van der Waals surface area contributed by atoms with E-state index in [2.05, 4.69) is 37.3 Å². The molecule has 0 N–H and O–H groups in total. The third-order valence-electron chi connectivity index (χ3n) is 3.16. The Morgan fingerprint density at radius 3 is 2.67 bits per heavy atom. The summed E-state index contributed by atoms with van der Waals surface area (Å²) in [4.78, 5) is 0. The van der Waals surface area contributed by atoms with Crippen molar-refractivity contribution in [3.8, 4) is 11.1 Å². The van der Waals surface area contributed by atoms with Crippen molar-refractivity contribution in [2.45, 2.75) is 26.2 Å². The predicted octanol–water partition coefficient (Wildman–Crippen LogP) is 3.74. The molecule has 1 aliphatic rings. The van der Waals surface area contributed by atoms with Gasteiger partial charge in [-0.25, -0.2) is 0 Å². The summed E-state index contributed by atoms with van der Waals surface area (Å²) in [7, 11) is 0. The topological polar surface area (TPSA) is 13.1 Å². The first kappa shape index (κ1) is 8.78. The zero-order valence-electron chi connectivity index (χ0n) is 8.92. The smallest absolute Gasteiger partial charge is 0.109 e. The highest BCUT2D eigenvalue weighted by Gasteiger charge is 2.22. The molecule has 76 valence electrons. The molecule has 0 unspecified atom stereocenters. The van der Waals surface area contributed by atoms with E-state index >= 15 is 0 Å². The number of hydrogen-bond donors (Lipinski definition) is 0. The van der Waals surface area contributed by atoms with E-state index in [1.807, 2.05) is 0 Å². The molecule has 0 amide bonds. The highest BCUT2D eigenvalue weighted by atomic mass is 16.3. The number of benzene rings is 1. The van der Waals surface area contributed by atoms with Crippen molar-refractivity contribution in [2.24, 2.45) is 0 Å². The van der Waals surface area contributed by atoms with Gasteiger partial charge in [0.05, 0.1) is 0 Å². The maximum Gasteiger partial charge on any atom is 0.109 e. The van der Waals surface area contributed by atoms with Crippen LogP contribution in [0.3, 0.4) is 0 Å². The molecule has 1 aromatic carbocycles. The Morgan fingerprint density at radius 1 is 1.07 bits per heavy atom. The summed E-state index contributed by atoms with van der Waals surface area (Å²) in [5.74, 6) is 2.29. The van der Waals surface area contributed by atoms with Gasteiger partial charge in [0.25, 0.3) is 0 Å². The van der Waals surface area contributed by atoms with E-state index in [4.69, 9.17) is 4.42 Å². The molecule has 0 bridgehead atoms. The van der Waals surface area contributed by atoms with Crippen LogP contribution < -0.4 is 0 Å². The van der Waals surface area contributed by atoms with Crippen molar-refractivity contribution in [1.82, 2.24) is 0 Å². The van der Waals surface area contributed by atoms with Gasteiger partial charge in [0, 0.05) is 17.5 Å². The Labute approximate surface area is 89.7 Å². The molecule has 15 heavy (non-hydrogen) atoms. The van der Waals surface area contributed by atoms with Gasteiger partial charge in [0.15, 0.2) is 0 Å². The second-order valence-corrected chi connectivity index (χ2v) is 4.15. The fourth-order valence-electron chi connectivity index (χ4n) is 2.52. The lowest BCUT2D eigenvalue weighted by Crippen LogP contribution is -1.83. The minimum Gasteiger partial charge on any atom is -0.465 e. The maximum absolute atomic E-state index is 5.81. The molecule has 0 saturated carbocycles. The normalized spacial score (nSPS) is 14.2. The monoisotopic (exact) mass is 198 g/mol. The van der Waals surface area contributed by atoms with E-state index in [9.17, 15) is 0 Å². The fraction of sp³-hybridized carbons (Fsp3) is 0.286. The average Bonchev–Trinajstić information content (AvgIpc) is 2.78. The molecule has 0 atom stereocenters.